The highest BCUT2D eigenvalue weighted by Crippen LogP contribution is 2.19. The molecule has 2 aromatic rings. The lowest BCUT2D eigenvalue weighted by Crippen LogP contribution is -2.01. The fourth-order valence-electron chi connectivity index (χ4n) is 1.85. The van der Waals surface area contributed by atoms with Gasteiger partial charge in [-0.25, -0.2) is 0 Å². The quantitative estimate of drug-likeness (QED) is 0.776. The molecule has 0 saturated carbocycles. The zero-order chi connectivity index (χ0) is 12.3. The van der Waals surface area contributed by atoms with Gasteiger partial charge in [0, 0.05) is 18.3 Å². The second kappa shape index (κ2) is 5.17. The number of hydrogen-bond donors (Lipinski definition) is 0. The first-order chi connectivity index (χ1) is 8.15. The maximum atomic E-state index is 4.41. The molecule has 0 amide bonds. The predicted octanol–water partition coefficient (Wildman–Crippen LogP) is 3.90. The average Bonchev–Trinajstić information content (AvgIpc) is 2.75. The number of benzene rings is 1. The summed E-state index contributed by atoms with van der Waals surface area (Å²) in [6.45, 7) is 7.60. The standard InChI is InChI=1S/C15H20N2/c1-12(2)7-8-17-11-15(10-16-17)14-6-4-5-13(3)9-14/h4-6,9-12H,7-8H2,1-3H3. The minimum absolute atomic E-state index is 0.724. The molecule has 2 heteroatoms. The fourth-order valence-corrected chi connectivity index (χ4v) is 1.85. The Hall–Kier alpha value is -1.57. The van der Waals surface area contributed by atoms with E-state index < -0.39 is 0 Å². The van der Waals surface area contributed by atoms with Crippen LogP contribution in [0.25, 0.3) is 11.1 Å². The van der Waals surface area contributed by atoms with Gasteiger partial charge in [-0.1, -0.05) is 43.7 Å². The van der Waals surface area contributed by atoms with Gasteiger partial charge >= 0.3 is 0 Å². The summed E-state index contributed by atoms with van der Waals surface area (Å²) in [5.41, 5.74) is 3.75. The van der Waals surface area contributed by atoms with E-state index in [4.69, 9.17) is 0 Å². The molecule has 0 unspecified atom stereocenters. The molecule has 90 valence electrons. The summed E-state index contributed by atoms with van der Waals surface area (Å²) in [6.07, 6.45) is 5.27. The third-order valence-electron chi connectivity index (χ3n) is 2.92. The van der Waals surface area contributed by atoms with E-state index in [1.54, 1.807) is 0 Å². The van der Waals surface area contributed by atoms with Crippen LogP contribution in [-0.4, -0.2) is 9.78 Å². The monoisotopic (exact) mass is 228 g/mol. The van der Waals surface area contributed by atoms with Crippen LogP contribution < -0.4 is 0 Å². The minimum Gasteiger partial charge on any atom is -0.272 e. The summed E-state index contributed by atoms with van der Waals surface area (Å²) < 4.78 is 2.04. The van der Waals surface area contributed by atoms with E-state index >= 15 is 0 Å². The van der Waals surface area contributed by atoms with Crippen LogP contribution in [-0.2, 0) is 6.54 Å². The number of aryl methyl sites for hydroxylation is 2. The molecule has 0 aliphatic carbocycles. The summed E-state index contributed by atoms with van der Waals surface area (Å²) in [5.74, 6) is 0.724. The van der Waals surface area contributed by atoms with E-state index in [-0.39, 0.29) is 0 Å². The number of aromatic nitrogens is 2. The maximum absolute atomic E-state index is 4.41. The molecule has 0 spiro atoms. The maximum Gasteiger partial charge on any atom is 0.0568 e. The van der Waals surface area contributed by atoms with Crippen LogP contribution in [0.4, 0.5) is 0 Å². The lowest BCUT2D eigenvalue weighted by Gasteiger charge is -2.04. The first-order valence-corrected chi connectivity index (χ1v) is 6.24. The molecule has 17 heavy (non-hydrogen) atoms. The van der Waals surface area contributed by atoms with Crippen molar-refractivity contribution in [2.24, 2.45) is 5.92 Å². The van der Waals surface area contributed by atoms with Crippen molar-refractivity contribution in [1.82, 2.24) is 9.78 Å². The first kappa shape index (κ1) is 11.9. The largest absolute Gasteiger partial charge is 0.272 e. The van der Waals surface area contributed by atoms with E-state index in [0.717, 1.165) is 12.5 Å². The Bertz CT molecular complexity index is 483. The van der Waals surface area contributed by atoms with Crippen LogP contribution in [0.1, 0.15) is 25.8 Å². The Kier molecular flexibility index (Phi) is 3.62. The summed E-state index contributed by atoms with van der Waals surface area (Å²) in [6, 6.07) is 8.55. The summed E-state index contributed by atoms with van der Waals surface area (Å²) in [7, 11) is 0. The van der Waals surface area contributed by atoms with E-state index in [2.05, 4.69) is 56.3 Å². The van der Waals surface area contributed by atoms with Crippen LogP contribution in [0.3, 0.4) is 0 Å². The summed E-state index contributed by atoms with van der Waals surface area (Å²) >= 11 is 0. The number of rotatable bonds is 4. The lowest BCUT2D eigenvalue weighted by atomic mass is 10.1. The van der Waals surface area contributed by atoms with Crippen molar-refractivity contribution in [3.05, 3.63) is 42.2 Å². The van der Waals surface area contributed by atoms with Crippen LogP contribution in [0.2, 0.25) is 0 Å². The Balaban J connectivity index is 2.12. The highest BCUT2D eigenvalue weighted by molar-refractivity contribution is 5.62. The van der Waals surface area contributed by atoms with Crippen molar-refractivity contribution in [1.29, 1.82) is 0 Å². The van der Waals surface area contributed by atoms with Crippen molar-refractivity contribution < 1.29 is 0 Å². The molecule has 0 atom stereocenters. The van der Waals surface area contributed by atoms with Gasteiger partial charge in [0.05, 0.1) is 6.20 Å². The van der Waals surface area contributed by atoms with E-state index in [0.29, 0.717) is 0 Å². The van der Waals surface area contributed by atoms with Crippen LogP contribution in [0.15, 0.2) is 36.7 Å². The third-order valence-corrected chi connectivity index (χ3v) is 2.92. The van der Waals surface area contributed by atoms with Crippen molar-refractivity contribution in [2.75, 3.05) is 0 Å². The zero-order valence-electron chi connectivity index (χ0n) is 10.9. The number of hydrogen-bond acceptors (Lipinski definition) is 1. The Morgan fingerprint density at radius 1 is 1.24 bits per heavy atom. The van der Waals surface area contributed by atoms with Gasteiger partial charge in [-0.3, -0.25) is 4.68 Å². The fraction of sp³-hybridized carbons (Fsp3) is 0.400. The topological polar surface area (TPSA) is 17.8 Å². The SMILES string of the molecule is Cc1cccc(-c2cnn(CCC(C)C)c2)c1. The second-order valence-electron chi connectivity index (χ2n) is 5.04. The van der Waals surface area contributed by atoms with Crippen molar-refractivity contribution >= 4 is 0 Å². The molecule has 0 aliphatic rings. The van der Waals surface area contributed by atoms with Crippen LogP contribution in [0.5, 0.6) is 0 Å². The molecular formula is C15H20N2. The highest BCUT2D eigenvalue weighted by Gasteiger charge is 2.02. The van der Waals surface area contributed by atoms with E-state index in [1.165, 1.54) is 23.1 Å². The summed E-state index contributed by atoms with van der Waals surface area (Å²) in [5, 5.41) is 4.41. The molecule has 0 bridgehead atoms. The van der Waals surface area contributed by atoms with Crippen LogP contribution >= 0.6 is 0 Å². The molecular weight excluding hydrogens is 208 g/mol. The van der Waals surface area contributed by atoms with Gasteiger partial charge in [-0.05, 0) is 24.8 Å². The van der Waals surface area contributed by atoms with Gasteiger partial charge < -0.3 is 0 Å². The Morgan fingerprint density at radius 2 is 2.06 bits per heavy atom. The molecule has 0 saturated heterocycles. The van der Waals surface area contributed by atoms with Crippen LogP contribution in [0, 0.1) is 12.8 Å². The molecule has 0 radical (unpaired) electrons. The Morgan fingerprint density at radius 3 is 2.76 bits per heavy atom. The molecule has 0 N–H and O–H groups in total. The van der Waals surface area contributed by atoms with Gasteiger partial charge in [0.15, 0.2) is 0 Å². The third kappa shape index (κ3) is 3.19. The first-order valence-electron chi connectivity index (χ1n) is 6.24. The molecule has 2 rings (SSSR count). The van der Waals surface area contributed by atoms with Gasteiger partial charge in [0.2, 0.25) is 0 Å². The molecule has 2 nitrogen and oxygen atoms in total. The molecule has 0 aliphatic heterocycles. The Labute approximate surface area is 103 Å². The molecule has 1 heterocycles. The van der Waals surface area contributed by atoms with Gasteiger partial charge in [-0.15, -0.1) is 0 Å². The summed E-state index contributed by atoms with van der Waals surface area (Å²) in [4.78, 5) is 0. The highest BCUT2D eigenvalue weighted by atomic mass is 15.3. The normalized spacial score (nSPS) is 11.1. The average molecular weight is 228 g/mol. The zero-order valence-corrected chi connectivity index (χ0v) is 10.9. The number of nitrogens with zero attached hydrogens (tertiary/aromatic N) is 2. The van der Waals surface area contributed by atoms with Gasteiger partial charge in [0.25, 0.3) is 0 Å². The van der Waals surface area contributed by atoms with E-state index in [9.17, 15) is 0 Å². The molecule has 0 fully saturated rings. The van der Waals surface area contributed by atoms with Gasteiger partial charge in [-0.2, -0.15) is 5.10 Å². The van der Waals surface area contributed by atoms with Crippen molar-refractivity contribution in [3.8, 4) is 11.1 Å². The second-order valence-corrected chi connectivity index (χ2v) is 5.04. The molecule has 1 aromatic heterocycles. The van der Waals surface area contributed by atoms with Crippen molar-refractivity contribution in [2.45, 2.75) is 33.7 Å². The lowest BCUT2D eigenvalue weighted by molar-refractivity contribution is 0.487. The molecule has 1 aromatic carbocycles. The minimum atomic E-state index is 0.724. The van der Waals surface area contributed by atoms with E-state index in [1.807, 2.05) is 10.9 Å². The van der Waals surface area contributed by atoms with Gasteiger partial charge in [0.1, 0.15) is 0 Å². The predicted molar refractivity (Wildman–Crippen MR) is 71.9 cm³/mol. The smallest absolute Gasteiger partial charge is 0.0568 e. The van der Waals surface area contributed by atoms with Crippen molar-refractivity contribution in [3.63, 3.8) is 0 Å².